The number of pyridine rings is 2. The Labute approximate surface area is 351 Å². The maximum absolute atomic E-state index is 8.55. The van der Waals surface area contributed by atoms with E-state index >= 15 is 0 Å². The van der Waals surface area contributed by atoms with E-state index in [1.807, 2.05) is 76.4 Å². The molecule has 0 spiro atoms. The summed E-state index contributed by atoms with van der Waals surface area (Å²) in [5, 5.41) is 3.53. The van der Waals surface area contributed by atoms with Gasteiger partial charge in [0.1, 0.15) is 0 Å². The Morgan fingerprint density at radius 1 is 0.741 bits per heavy atom. The van der Waals surface area contributed by atoms with E-state index in [4.69, 9.17) is 5.48 Å². The van der Waals surface area contributed by atoms with Gasteiger partial charge in [0, 0.05) is 38.0 Å². The van der Waals surface area contributed by atoms with E-state index in [1.165, 1.54) is 31.0 Å². The van der Waals surface area contributed by atoms with Crippen LogP contribution in [0.15, 0.2) is 109 Å². The van der Waals surface area contributed by atoms with Crippen LogP contribution >= 0.6 is 11.3 Å². The van der Waals surface area contributed by atoms with Crippen molar-refractivity contribution in [3.8, 4) is 33.6 Å². The van der Waals surface area contributed by atoms with E-state index in [1.54, 1.807) is 23.6 Å². The predicted octanol–water partition coefficient (Wildman–Crippen LogP) is 12.6. The molecule has 0 aliphatic carbocycles. The molecule has 0 unspecified atom stereocenters. The van der Waals surface area contributed by atoms with Crippen molar-refractivity contribution < 1.29 is 25.6 Å². The Balaban J connectivity index is 0.000000241. The van der Waals surface area contributed by atoms with Crippen molar-refractivity contribution in [3.05, 3.63) is 133 Å². The third-order valence-electron chi connectivity index (χ3n) is 9.13. The van der Waals surface area contributed by atoms with Gasteiger partial charge in [-0.1, -0.05) is 64.5 Å². The van der Waals surface area contributed by atoms with Gasteiger partial charge in [-0.25, -0.2) is 0 Å². The molecule has 0 aliphatic heterocycles. The van der Waals surface area contributed by atoms with E-state index in [0.29, 0.717) is 5.56 Å². The minimum absolute atomic E-state index is 0. The van der Waals surface area contributed by atoms with E-state index in [0.717, 1.165) is 38.0 Å². The van der Waals surface area contributed by atoms with Gasteiger partial charge in [0.25, 0.3) is 0 Å². The first-order valence-corrected chi connectivity index (χ1v) is 30.3. The molecule has 3 aromatic heterocycles. The molecule has 54 heavy (non-hydrogen) atoms. The van der Waals surface area contributed by atoms with Gasteiger partial charge >= 0.3 is 161 Å². The van der Waals surface area contributed by atoms with Gasteiger partial charge in [0.2, 0.25) is 0 Å². The summed E-state index contributed by atoms with van der Waals surface area (Å²) < 4.78 is 38.0. The van der Waals surface area contributed by atoms with Crippen molar-refractivity contribution in [3.63, 3.8) is 0 Å². The molecule has 0 aliphatic rings. The molecule has 7 aromatic rings. The summed E-state index contributed by atoms with van der Waals surface area (Å²) in [5.41, 5.74) is 7.34. The molecular weight excluding hydrogens is 930 g/mol. The van der Waals surface area contributed by atoms with Crippen molar-refractivity contribution in [1.82, 2.24) is 9.97 Å². The summed E-state index contributed by atoms with van der Waals surface area (Å²) in [6.45, 7) is 14.4. The van der Waals surface area contributed by atoms with Crippen molar-refractivity contribution >= 4 is 62.4 Å². The third kappa shape index (κ3) is 10.2. The number of nitrogens with zero attached hydrogens (tertiary/aromatic N) is 2. The molecule has 0 fully saturated rings. The Kier molecular flexibility index (Phi) is 12.0. The van der Waals surface area contributed by atoms with Gasteiger partial charge in [-0.2, -0.15) is 0 Å². The molecule has 1 radical (unpaired) electrons. The number of benzene rings is 4. The van der Waals surface area contributed by atoms with Crippen LogP contribution in [-0.4, -0.2) is 31.3 Å². The van der Waals surface area contributed by atoms with Crippen molar-refractivity contribution in [2.24, 2.45) is 11.8 Å². The summed E-state index contributed by atoms with van der Waals surface area (Å²) >= 11 is -0.0609. The monoisotopic (exact) mass is 989 g/mol. The SMILES string of the molecule is [2H]C([2H])(c1cc(-c2[c-]cccc2)ncc1[Si](C)(C)C)C(C)C.[2H]C([2H])(c1ccnc(-c2[c-]ccc3c2sc2cc(-c4cc[c]([Ge]([CH3])([CH3])[CH3])cc4)ccc23)c1)C(C)C.[Ir]. The van der Waals surface area contributed by atoms with Crippen LogP contribution < -0.4 is 9.58 Å². The average molecular weight is 988 g/mol. The Morgan fingerprint density at radius 2 is 1.46 bits per heavy atom. The Bertz CT molecular complexity index is 2510. The van der Waals surface area contributed by atoms with Crippen LogP contribution in [0.1, 0.15) is 44.3 Å². The molecule has 0 bridgehead atoms. The van der Waals surface area contributed by atoms with Gasteiger partial charge in [-0.3, -0.25) is 0 Å². The summed E-state index contributed by atoms with van der Waals surface area (Å²) in [5.74, 6) is 7.06. The number of hydrogen-bond acceptors (Lipinski definition) is 3. The first kappa shape index (κ1) is 36.4. The average Bonchev–Trinajstić information content (AvgIpc) is 3.56. The zero-order chi connectivity index (χ0) is 41.5. The molecule has 0 saturated carbocycles. The van der Waals surface area contributed by atoms with Crippen LogP contribution in [0.5, 0.6) is 0 Å². The first-order valence-electron chi connectivity index (χ1n) is 20.6. The summed E-state index contributed by atoms with van der Waals surface area (Å²) in [7, 11) is -1.67. The zero-order valence-corrected chi connectivity index (χ0v) is 39.5. The van der Waals surface area contributed by atoms with Crippen LogP contribution in [0.25, 0.3) is 53.8 Å². The molecule has 0 atom stereocenters. The predicted molar refractivity (Wildman–Crippen MR) is 238 cm³/mol. The van der Waals surface area contributed by atoms with Gasteiger partial charge in [0.15, 0.2) is 0 Å². The van der Waals surface area contributed by atoms with E-state index < -0.39 is 34.1 Å². The fraction of sp³-hybridized carbons (Fsp3) is 0.292. The van der Waals surface area contributed by atoms with Gasteiger partial charge in [-0.15, -0.1) is 35.9 Å². The van der Waals surface area contributed by atoms with E-state index in [-0.39, 0.29) is 31.9 Å². The second-order valence-corrected chi connectivity index (χ2v) is 33.1. The fourth-order valence-corrected chi connectivity index (χ4v) is 11.5. The molecule has 7 rings (SSSR count). The standard InChI is InChI=1S/C30H30GeNS.C18H24NSi.Ir/c1-20(2)17-21-15-16-32-28(18-21)27-8-6-7-26-25-14-11-23(19-29(25)33-30(26)27)22-9-12-24(13-10-22)31(3,4)5;1-14(2)11-16-12-17(15-9-7-6-8-10-15)19-13-18(16)20(3,4)5;/h6-7,9-16,18-20H,17H2,1-5H3;6-9,12-14H,11H2,1-5H3;/q2*-1;/i17D2;11D2;. The number of hydrogen-bond donors (Lipinski definition) is 0. The van der Waals surface area contributed by atoms with Gasteiger partial charge in [0.05, 0.1) is 8.07 Å². The molecule has 0 N–H and O–H groups in total. The summed E-state index contributed by atoms with van der Waals surface area (Å²) in [6, 6.07) is 39.8. The van der Waals surface area contributed by atoms with Crippen molar-refractivity contribution in [2.75, 3.05) is 0 Å². The maximum atomic E-state index is 8.55. The Hall–Kier alpha value is -3.19. The molecule has 6 heteroatoms. The number of rotatable bonds is 9. The number of thiophene rings is 1. The molecule has 4 aromatic carbocycles. The van der Waals surface area contributed by atoms with Crippen LogP contribution in [0.2, 0.25) is 36.9 Å². The third-order valence-corrected chi connectivity index (χ3v) is 16.7. The second kappa shape index (κ2) is 17.7. The van der Waals surface area contributed by atoms with Crippen LogP contribution in [0, 0.1) is 24.0 Å². The quantitative estimate of drug-likeness (QED) is 0.106. The molecule has 0 saturated heterocycles. The molecular formula is C48H54GeIrN2SSi-2. The fourth-order valence-electron chi connectivity index (χ4n) is 6.45. The zero-order valence-electron chi connectivity index (χ0n) is 37.2. The van der Waals surface area contributed by atoms with Crippen LogP contribution in [0.4, 0.5) is 0 Å². The normalized spacial score (nSPS) is 13.5. The Morgan fingerprint density at radius 3 is 2.11 bits per heavy atom. The van der Waals surface area contributed by atoms with E-state index in [9.17, 15) is 0 Å². The minimum Gasteiger partial charge on any atom is -0.0625 e. The van der Waals surface area contributed by atoms with E-state index in [2.05, 4.69) is 108 Å². The first-order chi connectivity index (χ1) is 26.7. The van der Waals surface area contributed by atoms with Gasteiger partial charge < -0.3 is 4.98 Å². The van der Waals surface area contributed by atoms with Crippen molar-refractivity contribution in [2.45, 2.75) is 77.4 Å². The molecule has 0 amide bonds. The number of aromatic nitrogens is 2. The second-order valence-electron chi connectivity index (χ2n) is 16.4. The minimum atomic E-state index is -1.82. The number of fused-ring (bicyclic) bond motifs is 3. The topological polar surface area (TPSA) is 25.8 Å². The molecule has 2 nitrogen and oxygen atoms in total. The van der Waals surface area contributed by atoms with Crippen molar-refractivity contribution in [1.29, 1.82) is 0 Å². The van der Waals surface area contributed by atoms with Gasteiger partial charge in [-0.05, 0) is 41.5 Å². The summed E-state index contributed by atoms with van der Waals surface area (Å²) in [6.07, 6.45) is 0.834. The van der Waals surface area contributed by atoms with Crippen LogP contribution in [-0.2, 0) is 32.9 Å². The smallest absolute Gasteiger partial charge is 0.0625 e. The van der Waals surface area contributed by atoms with Crippen LogP contribution in [0.3, 0.4) is 0 Å². The summed E-state index contributed by atoms with van der Waals surface area (Å²) in [4.78, 5) is 9.19. The molecule has 3 heterocycles. The molecule has 281 valence electrons.